The van der Waals surface area contributed by atoms with Gasteiger partial charge in [-0.3, -0.25) is 0 Å². The van der Waals surface area contributed by atoms with Crippen molar-refractivity contribution in [1.82, 2.24) is 5.32 Å². The second kappa shape index (κ2) is 6.86. The molecule has 98 valence electrons. The van der Waals surface area contributed by atoms with E-state index in [-0.39, 0.29) is 6.61 Å². The highest BCUT2D eigenvalue weighted by Gasteiger charge is 2.22. The molecule has 0 heterocycles. The molecule has 0 radical (unpaired) electrons. The van der Waals surface area contributed by atoms with E-state index in [2.05, 4.69) is 10.1 Å². The van der Waals surface area contributed by atoms with Crippen LogP contribution in [0.5, 0.6) is 0 Å². The molecule has 0 bridgehead atoms. The molecule has 0 aliphatic carbocycles. The highest BCUT2D eigenvalue weighted by molar-refractivity contribution is 6.17. The molecular formula is C12H14ClNO4. The van der Waals surface area contributed by atoms with Crippen molar-refractivity contribution in [2.24, 2.45) is 0 Å². The number of carbonyl (C=O) groups is 2. The van der Waals surface area contributed by atoms with Gasteiger partial charge in [0.2, 0.25) is 0 Å². The Morgan fingerprint density at radius 2 is 2.00 bits per heavy atom. The fourth-order valence-electron chi connectivity index (χ4n) is 1.38. The third kappa shape index (κ3) is 3.92. The predicted octanol–water partition coefficient (Wildman–Crippen LogP) is 2.30. The molecule has 1 amide bonds. The van der Waals surface area contributed by atoms with Crippen LogP contribution in [0.2, 0.25) is 0 Å². The highest BCUT2D eigenvalue weighted by atomic mass is 35.5. The number of amides is 1. The van der Waals surface area contributed by atoms with Crippen molar-refractivity contribution in [2.75, 3.05) is 6.61 Å². The number of rotatable bonds is 5. The van der Waals surface area contributed by atoms with Gasteiger partial charge in [0.05, 0.1) is 6.61 Å². The highest BCUT2D eigenvalue weighted by Crippen LogP contribution is 2.15. The Kier molecular flexibility index (Phi) is 5.45. The van der Waals surface area contributed by atoms with Crippen LogP contribution in [-0.2, 0) is 15.4 Å². The lowest BCUT2D eigenvalue weighted by Crippen LogP contribution is -2.34. The van der Waals surface area contributed by atoms with Crippen molar-refractivity contribution >= 4 is 23.7 Å². The molecule has 0 spiro atoms. The van der Waals surface area contributed by atoms with Crippen LogP contribution >= 0.6 is 11.6 Å². The van der Waals surface area contributed by atoms with Crippen LogP contribution < -0.4 is 5.32 Å². The summed E-state index contributed by atoms with van der Waals surface area (Å²) in [6, 6.07) is 5.52. The second-order valence-corrected chi connectivity index (χ2v) is 3.78. The van der Waals surface area contributed by atoms with Crippen LogP contribution in [0.1, 0.15) is 24.1 Å². The molecule has 0 aromatic heterocycles. The first kappa shape index (κ1) is 14.3. The lowest BCUT2D eigenvalue weighted by atomic mass is 10.1. The number of carboxylic acids is 1. The summed E-state index contributed by atoms with van der Waals surface area (Å²) in [6.45, 7) is 1.83. The Hall–Kier alpha value is -1.75. The fourth-order valence-corrected chi connectivity index (χ4v) is 1.56. The lowest BCUT2D eigenvalue weighted by molar-refractivity contribution is -0.139. The van der Waals surface area contributed by atoms with Gasteiger partial charge in [0.25, 0.3) is 0 Å². The Labute approximate surface area is 110 Å². The van der Waals surface area contributed by atoms with E-state index < -0.39 is 18.1 Å². The van der Waals surface area contributed by atoms with E-state index >= 15 is 0 Å². The minimum absolute atomic E-state index is 0.184. The summed E-state index contributed by atoms with van der Waals surface area (Å²) >= 11 is 5.64. The Morgan fingerprint density at radius 1 is 1.39 bits per heavy atom. The molecule has 2 N–H and O–H groups in total. The van der Waals surface area contributed by atoms with Crippen molar-refractivity contribution in [3.8, 4) is 0 Å². The minimum atomic E-state index is -1.15. The van der Waals surface area contributed by atoms with Crippen LogP contribution in [0, 0.1) is 0 Å². The third-order valence-electron chi connectivity index (χ3n) is 2.25. The van der Waals surface area contributed by atoms with Crippen molar-refractivity contribution in [3.05, 3.63) is 35.4 Å². The van der Waals surface area contributed by atoms with E-state index in [1.165, 1.54) is 0 Å². The molecule has 6 heteroatoms. The van der Waals surface area contributed by atoms with Crippen LogP contribution in [0.4, 0.5) is 4.79 Å². The van der Waals surface area contributed by atoms with Crippen molar-refractivity contribution < 1.29 is 19.4 Å². The van der Waals surface area contributed by atoms with Gasteiger partial charge in [0, 0.05) is 5.88 Å². The number of aliphatic carboxylic acids is 1. The molecular weight excluding hydrogens is 258 g/mol. The normalized spacial score (nSPS) is 11.7. The average molecular weight is 272 g/mol. The van der Waals surface area contributed by atoms with E-state index in [9.17, 15) is 9.59 Å². The van der Waals surface area contributed by atoms with Crippen LogP contribution in [0.15, 0.2) is 24.3 Å². The molecule has 1 aromatic rings. The standard InChI is InChI=1S/C12H14ClNO4/c1-2-18-12(17)14-10(11(15)16)9-5-3-8(7-13)4-6-9/h3-6,10H,2,7H2,1H3,(H,14,17)(H,15,16). The third-order valence-corrected chi connectivity index (χ3v) is 2.56. The maximum absolute atomic E-state index is 11.2. The molecule has 18 heavy (non-hydrogen) atoms. The van der Waals surface area contributed by atoms with Crippen molar-refractivity contribution in [2.45, 2.75) is 18.8 Å². The zero-order valence-electron chi connectivity index (χ0n) is 9.85. The van der Waals surface area contributed by atoms with E-state index in [0.29, 0.717) is 11.4 Å². The van der Waals surface area contributed by atoms with Crippen LogP contribution in [0.3, 0.4) is 0 Å². The maximum atomic E-state index is 11.2. The summed E-state index contributed by atoms with van der Waals surface area (Å²) in [5.41, 5.74) is 1.34. The number of alkyl carbamates (subject to hydrolysis) is 1. The van der Waals surface area contributed by atoms with Gasteiger partial charge < -0.3 is 15.2 Å². The van der Waals surface area contributed by atoms with E-state index in [1.54, 1.807) is 31.2 Å². The zero-order valence-corrected chi connectivity index (χ0v) is 10.6. The van der Waals surface area contributed by atoms with Gasteiger partial charge in [-0.15, -0.1) is 11.6 Å². The van der Waals surface area contributed by atoms with Crippen LogP contribution in [0.25, 0.3) is 0 Å². The number of alkyl halides is 1. The maximum Gasteiger partial charge on any atom is 0.408 e. The monoisotopic (exact) mass is 271 g/mol. The lowest BCUT2D eigenvalue weighted by Gasteiger charge is -2.14. The van der Waals surface area contributed by atoms with Gasteiger partial charge in [-0.2, -0.15) is 0 Å². The molecule has 5 nitrogen and oxygen atoms in total. The molecule has 1 rings (SSSR count). The number of hydrogen-bond acceptors (Lipinski definition) is 3. The first-order valence-electron chi connectivity index (χ1n) is 5.39. The molecule has 0 aliphatic heterocycles. The molecule has 0 saturated heterocycles. The number of carboxylic acid groups (broad SMARTS) is 1. The topological polar surface area (TPSA) is 75.6 Å². The molecule has 0 saturated carbocycles. The van der Waals surface area contributed by atoms with Gasteiger partial charge in [-0.1, -0.05) is 24.3 Å². The Morgan fingerprint density at radius 3 is 2.44 bits per heavy atom. The van der Waals surface area contributed by atoms with E-state index in [1.807, 2.05) is 0 Å². The predicted molar refractivity (Wildman–Crippen MR) is 66.5 cm³/mol. The number of nitrogens with one attached hydrogen (secondary N) is 1. The fraction of sp³-hybridized carbons (Fsp3) is 0.333. The van der Waals surface area contributed by atoms with E-state index in [0.717, 1.165) is 5.56 Å². The second-order valence-electron chi connectivity index (χ2n) is 3.51. The van der Waals surface area contributed by atoms with Gasteiger partial charge in [0.15, 0.2) is 6.04 Å². The summed E-state index contributed by atoms with van der Waals surface area (Å²) in [5.74, 6) is -0.801. The average Bonchev–Trinajstić information content (AvgIpc) is 2.36. The summed E-state index contributed by atoms with van der Waals surface area (Å²) in [5, 5.41) is 11.4. The number of ether oxygens (including phenoxy) is 1. The first-order chi connectivity index (χ1) is 8.58. The van der Waals surface area contributed by atoms with Gasteiger partial charge >= 0.3 is 12.1 Å². The van der Waals surface area contributed by atoms with Crippen molar-refractivity contribution in [1.29, 1.82) is 0 Å². The summed E-state index contributed by atoms with van der Waals surface area (Å²) in [7, 11) is 0. The summed E-state index contributed by atoms with van der Waals surface area (Å²) in [4.78, 5) is 22.3. The Bertz CT molecular complexity index is 419. The molecule has 0 fully saturated rings. The summed E-state index contributed by atoms with van der Waals surface area (Å²) < 4.78 is 4.65. The van der Waals surface area contributed by atoms with Crippen molar-refractivity contribution in [3.63, 3.8) is 0 Å². The minimum Gasteiger partial charge on any atom is -0.479 e. The number of benzene rings is 1. The quantitative estimate of drug-likeness (QED) is 0.806. The molecule has 0 aliphatic rings. The van der Waals surface area contributed by atoms with E-state index in [4.69, 9.17) is 16.7 Å². The molecule has 1 atom stereocenters. The smallest absolute Gasteiger partial charge is 0.408 e. The van der Waals surface area contributed by atoms with Gasteiger partial charge in [-0.25, -0.2) is 9.59 Å². The van der Waals surface area contributed by atoms with Gasteiger partial charge in [-0.05, 0) is 18.1 Å². The van der Waals surface area contributed by atoms with Gasteiger partial charge in [0.1, 0.15) is 0 Å². The first-order valence-corrected chi connectivity index (χ1v) is 5.92. The number of halogens is 1. The summed E-state index contributed by atoms with van der Waals surface area (Å²) in [6.07, 6.45) is -0.758. The Balaban J connectivity index is 2.83. The zero-order chi connectivity index (χ0) is 13.5. The molecule has 1 unspecified atom stereocenters. The number of hydrogen-bond donors (Lipinski definition) is 2. The molecule has 1 aromatic carbocycles. The SMILES string of the molecule is CCOC(=O)NC(C(=O)O)c1ccc(CCl)cc1. The van der Waals surface area contributed by atoms with Crippen LogP contribution in [-0.4, -0.2) is 23.8 Å². The number of carbonyl (C=O) groups excluding carboxylic acids is 1. The largest absolute Gasteiger partial charge is 0.479 e.